The summed E-state index contributed by atoms with van der Waals surface area (Å²) in [5.74, 6) is 1.17. The Kier molecular flexibility index (Phi) is 2.97. The SMILES string of the molecule is Nc1cccc(-c2cnc(-c3ccccc3Cl)o2)c1. The van der Waals surface area contributed by atoms with Crippen LogP contribution in [0.1, 0.15) is 0 Å². The predicted octanol–water partition coefficient (Wildman–Crippen LogP) is 4.24. The molecule has 2 N–H and O–H groups in total. The molecule has 3 rings (SSSR count). The quantitative estimate of drug-likeness (QED) is 0.709. The molecular formula is C15H11ClN2O. The summed E-state index contributed by atoms with van der Waals surface area (Å²) in [7, 11) is 0. The van der Waals surface area contributed by atoms with Crippen LogP contribution in [0.3, 0.4) is 0 Å². The molecule has 0 spiro atoms. The summed E-state index contributed by atoms with van der Waals surface area (Å²) >= 11 is 6.12. The Bertz CT molecular complexity index is 721. The van der Waals surface area contributed by atoms with Crippen molar-refractivity contribution in [3.63, 3.8) is 0 Å². The highest BCUT2D eigenvalue weighted by molar-refractivity contribution is 6.33. The van der Waals surface area contributed by atoms with Gasteiger partial charge in [-0.1, -0.05) is 35.9 Å². The van der Waals surface area contributed by atoms with E-state index in [1.807, 2.05) is 42.5 Å². The number of benzene rings is 2. The fraction of sp³-hybridized carbons (Fsp3) is 0. The van der Waals surface area contributed by atoms with Crippen molar-refractivity contribution in [3.05, 3.63) is 59.8 Å². The fourth-order valence-electron chi connectivity index (χ4n) is 1.86. The second-order valence-electron chi connectivity index (χ2n) is 4.13. The van der Waals surface area contributed by atoms with Gasteiger partial charge in [0, 0.05) is 11.3 Å². The van der Waals surface area contributed by atoms with Crippen LogP contribution in [-0.2, 0) is 0 Å². The van der Waals surface area contributed by atoms with Crippen LogP contribution in [-0.4, -0.2) is 4.98 Å². The van der Waals surface area contributed by atoms with Crippen molar-refractivity contribution in [2.24, 2.45) is 0 Å². The Morgan fingerprint density at radius 1 is 1.05 bits per heavy atom. The normalized spacial score (nSPS) is 10.6. The van der Waals surface area contributed by atoms with Gasteiger partial charge in [-0.15, -0.1) is 0 Å². The van der Waals surface area contributed by atoms with Crippen LogP contribution in [0.4, 0.5) is 5.69 Å². The molecule has 3 nitrogen and oxygen atoms in total. The highest BCUT2D eigenvalue weighted by Gasteiger charge is 2.11. The minimum atomic E-state index is 0.503. The van der Waals surface area contributed by atoms with Crippen LogP contribution in [0.25, 0.3) is 22.8 Å². The third-order valence-electron chi connectivity index (χ3n) is 2.78. The largest absolute Gasteiger partial charge is 0.436 e. The molecule has 0 unspecified atom stereocenters. The summed E-state index contributed by atoms with van der Waals surface area (Å²) in [5.41, 5.74) is 8.11. The number of hydrogen-bond donors (Lipinski definition) is 1. The first-order valence-corrected chi connectivity index (χ1v) is 6.18. The van der Waals surface area contributed by atoms with Crippen LogP contribution in [0.15, 0.2) is 59.1 Å². The van der Waals surface area contributed by atoms with Gasteiger partial charge >= 0.3 is 0 Å². The third-order valence-corrected chi connectivity index (χ3v) is 3.11. The van der Waals surface area contributed by atoms with Gasteiger partial charge in [-0.2, -0.15) is 0 Å². The fourth-order valence-corrected chi connectivity index (χ4v) is 2.08. The van der Waals surface area contributed by atoms with Crippen molar-refractivity contribution in [3.8, 4) is 22.8 Å². The van der Waals surface area contributed by atoms with Gasteiger partial charge in [-0.3, -0.25) is 0 Å². The minimum absolute atomic E-state index is 0.503. The molecule has 0 fully saturated rings. The summed E-state index contributed by atoms with van der Waals surface area (Å²) in [4.78, 5) is 4.26. The third kappa shape index (κ3) is 2.33. The number of nitrogen functional groups attached to an aromatic ring is 1. The van der Waals surface area contributed by atoms with Gasteiger partial charge in [0.15, 0.2) is 5.76 Å². The van der Waals surface area contributed by atoms with Gasteiger partial charge in [0.25, 0.3) is 0 Å². The molecule has 3 aromatic rings. The molecular weight excluding hydrogens is 260 g/mol. The average molecular weight is 271 g/mol. The maximum atomic E-state index is 6.12. The Hall–Kier alpha value is -2.26. The Balaban J connectivity index is 2.03. The molecule has 0 atom stereocenters. The molecule has 0 aliphatic rings. The lowest BCUT2D eigenvalue weighted by Gasteiger charge is -1.99. The van der Waals surface area contributed by atoms with E-state index in [1.54, 1.807) is 12.3 Å². The Morgan fingerprint density at radius 2 is 1.89 bits per heavy atom. The van der Waals surface area contributed by atoms with Crippen molar-refractivity contribution in [2.75, 3.05) is 5.73 Å². The van der Waals surface area contributed by atoms with Crippen molar-refractivity contribution >= 4 is 17.3 Å². The van der Waals surface area contributed by atoms with Crippen molar-refractivity contribution < 1.29 is 4.42 Å². The first-order chi connectivity index (χ1) is 9.24. The lowest BCUT2D eigenvalue weighted by atomic mass is 10.2. The molecule has 1 heterocycles. The van der Waals surface area contributed by atoms with Gasteiger partial charge in [0.1, 0.15) is 0 Å². The molecule has 0 saturated heterocycles. The molecule has 0 saturated carbocycles. The summed E-state index contributed by atoms with van der Waals surface area (Å²) < 4.78 is 5.74. The predicted molar refractivity (Wildman–Crippen MR) is 76.8 cm³/mol. The lowest BCUT2D eigenvalue weighted by Crippen LogP contribution is -1.83. The maximum absolute atomic E-state index is 6.12. The van der Waals surface area contributed by atoms with Crippen LogP contribution in [0, 0.1) is 0 Å². The van der Waals surface area contributed by atoms with Gasteiger partial charge in [0.05, 0.1) is 16.8 Å². The van der Waals surface area contributed by atoms with Crippen LogP contribution < -0.4 is 5.73 Å². The molecule has 0 bridgehead atoms. The smallest absolute Gasteiger partial charge is 0.228 e. The van der Waals surface area contributed by atoms with E-state index in [0.717, 1.165) is 11.1 Å². The average Bonchev–Trinajstić information content (AvgIpc) is 2.89. The van der Waals surface area contributed by atoms with Crippen molar-refractivity contribution in [2.45, 2.75) is 0 Å². The number of rotatable bonds is 2. The Morgan fingerprint density at radius 3 is 2.68 bits per heavy atom. The van der Waals surface area contributed by atoms with E-state index in [2.05, 4.69) is 4.98 Å². The number of halogens is 1. The van der Waals surface area contributed by atoms with E-state index in [4.69, 9.17) is 21.8 Å². The monoisotopic (exact) mass is 270 g/mol. The molecule has 1 aromatic heterocycles. The first kappa shape index (κ1) is 11.8. The second-order valence-corrected chi connectivity index (χ2v) is 4.54. The lowest BCUT2D eigenvalue weighted by molar-refractivity contribution is 0.589. The van der Waals surface area contributed by atoms with Crippen LogP contribution in [0.5, 0.6) is 0 Å². The highest BCUT2D eigenvalue weighted by atomic mass is 35.5. The Labute approximate surface area is 115 Å². The summed E-state index contributed by atoms with van der Waals surface area (Å²) in [6, 6.07) is 14.9. The first-order valence-electron chi connectivity index (χ1n) is 5.81. The summed E-state index contributed by atoms with van der Waals surface area (Å²) in [5, 5.41) is 0.614. The van der Waals surface area contributed by atoms with Gasteiger partial charge < -0.3 is 10.2 Å². The molecule has 2 aromatic carbocycles. The van der Waals surface area contributed by atoms with E-state index in [-0.39, 0.29) is 0 Å². The number of aromatic nitrogens is 1. The van der Waals surface area contributed by atoms with Gasteiger partial charge in [-0.25, -0.2) is 4.98 Å². The number of nitrogens with zero attached hydrogens (tertiary/aromatic N) is 1. The van der Waals surface area contributed by atoms with E-state index >= 15 is 0 Å². The molecule has 0 radical (unpaired) electrons. The topological polar surface area (TPSA) is 52.0 Å². The van der Waals surface area contributed by atoms with E-state index < -0.39 is 0 Å². The number of oxazole rings is 1. The molecule has 4 heteroatoms. The zero-order chi connectivity index (χ0) is 13.2. The zero-order valence-electron chi connectivity index (χ0n) is 10.0. The second kappa shape index (κ2) is 4.78. The van der Waals surface area contributed by atoms with Gasteiger partial charge in [0.2, 0.25) is 5.89 Å². The van der Waals surface area contributed by atoms with Crippen LogP contribution in [0.2, 0.25) is 5.02 Å². The van der Waals surface area contributed by atoms with E-state index in [0.29, 0.717) is 22.4 Å². The van der Waals surface area contributed by atoms with Gasteiger partial charge in [-0.05, 0) is 24.3 Å². The minimum Gasteiger partial charge on any atom is -0.436 e. The highest BCUT2D eigenvalue weighted by Crippen LogP contribution is 2.30. The number of nitrogens with two attached hydrogens (primary N) is 1. The molecule has 19 heavy (non-hydrogen) atoms. The van der Waals surface area contributed by atoms with E-state index in [1.165, 1.54) is 0 Å². The van der Waals surface area contributed by atoms with Crippen molar-refractivity contribution in [1.82, 2.24) is 4.98 Å². The summed E-state index contributed by atoms with van der Waals surface area (Å²) in [6.07, 6.45) is 1.67. The molecule has 94 valence electrons. The molecule has 0 aliphatic carbocycles. The molecule has 0 aliphatic heterocycles. The maximum Gasteiger partial charge on any atom is 0.228 e. The van der Waals surface area contributed by atoms with Crippen LogP contribution >= 0.6 is 11.6 Å². The standard InChI is InChI=1S/C15H11ClN2O/c16-13-7-2-1-6-12(13)15-18-9-14(19-15)10-4-3-5-11(17)8-10/h1-9H,17H2. The molecule has 0 amide bonds. The van der Waals surface area contributed by atoms with Crippen molar-refractivity contribution in [1.29, 1.82) is 0 Å². The zero-order valence-corrected chi connectivity index (χ0v) is 10.8. The number of anilines is 1. The number of hydrogen-bond acceptors (Lipinski definition) is 3. The summed E-state index contributed by atoms with van der Waals surface area (Å²) in [6.45, 7) is 0. The van der Waals surface area contributed by atoms with E-state index in [9.17, 15) is 0 Å².